The summed E-state index contributed by atoms with van der Waals surface area (Å²) in [5, 5.41) is 20.4. The van der Waals surface area contributed by atoms with Gasteiger partial charge in [0, 0.05) is 29.1 Å². The Hall–Kier alpha value is -4.09. The second-order valence-electron chi connectivity index (χ2n) is 8.65. The highest BCUT2D eigenvalue weighted by Crippen LogP contribution is 2.30. The number of rotatable bonds is 5. The van der Waals surface area contributed by atoms with E-state index in [0.717, 1.165) is 41.3 Å². The zero-order valence-electron chi connectivity index (χ0n) is 18.8. The van der Waals surface area contributed by atoms with Gasteiger partial charge in [-0.25, -0.2) is 9.78 Å². The Morgan fingerprint density at radius 3 is 2.74 bits per heavy atom. The molecule has 0 saturated carbocycles. The fourth-order valence-electron chi connectivity index (χ4n) is 4.30. The van der Waals surface area contributed by atoms with Gasteiger partial charge in [0.05, 0.1) is 23.2 Å². The molecule has 1 saturated heterocycles. The van der Waals surface area contributed by atoms with Crippen LogP contribution in [0.1, 0.15) is 18.4 Å². The number of hydrogen-bond donors (Lipinski definition) is 1. The van der Waals surface area contributed by atoms with E-state index in [2.05, 4.69) is 23.0 Å². The van der Waals surface area contributed by atoms with Crippen molar-refractivity contribution in [3.05, 3.63) is 60.3 Å². The van der Waals surface area contributed by atoms with Gasteiger partial charge in [0.25, 0.3) is 0 Å². The fourth-order valence-corrected chi connectivity index (χ4v) is 4.30. The summed E-state index contributed by atoms with van der Waals surface area (Å²) in [5.74, 6) is 1.97. The highest BCUT2D eigenvalue weighted by molar-refractivity contribution is 5.89. The fraction of sp³-hybridized carbons (Fsp3) is 0.269. The molecule has 0 amide bonds. The highest BCUT2D eigenvalue weighted by atomic mass is 16.5. The third-order valence-electron chi connectivity index (χ3n) is 6.29. The molecule has 0 spiro atoms. The van der Waals surface area contributed by atoms with Gasteiger partial charge in [0.2, 0.25) is 5.88 Å². The van der Waals surface area contributed by atoms with Crippen LogP contribution >= 0.6 is 0 Å². The largest absolute Gasteiger partial charge is 0.492 e. The molecular weight excluding hydrogens is 432 g/mol. The number of carbonyl (C=O) groups is 1. The van der Waals surface area contributed by atoms with Gasteiger partial charge in [0.1, 0.15) is 17.6 Å². The molecule has 0 bridgehead atoms. The minimum absolute atomic E-state index is 0.399. The van der Waals surface area contributed by atoms with Crippen LogP contribution in [0.5, 0.6) is 17.4 Å². The minimum atomic E-state index is -1.04. The smallest absolute Gasteiger partial charge is 0.415 e. The molecule has 2 aromatic heterocycles. The summed E-state index contributed by atoms with van der Waals surface area (Å²) in [6.07, 6.45) is 2.64. The predicted molar refractivity (Wildman–Crippen MR) is 128 cm³/mol. The maximum Gasteiger partial charge on any atom is 0.415 e. The van der Waals surface area contributed by atoms with Crippen molar-refractivity contribution >= 4 is 27.9 Å². The second kappa shape index (κ2) is 9.04. The van der Waals surface area contributed by atoms with Crippen molar-refractivity contribution in [1.29, 1.82) is 5.26 Å². The van der Waals surface area contributed by atoms with Crippen molar-refractivity contribution in [3.8, 4) is 23.4 Å². The first-order valence-electron chi connectivity index (χ1n) is 11.2. The number of fused-ring (bicyclic) bond motifs is 2. The summed E-state index contributed by atoms with van der Waals surface area (Å²) in [6.45, 7) is 2.71. The van der Waals surface area contributed by atoms with E-state index in [1.54, 1.807) is 42.5 Å². The molecule has 1 aliphatic heterocycles. The van der Waals surface area contributed by atoms with Crippen LogP contribution in [-0.2, 0) is 0 Å². The van der Waals surface area contributed by atoms with Crippen LogP contribution in [0.3, 0.4) is 0 Å². The van der Waals surface area contributed by atoms with E-state index >= 15 is 0 Å². The van der Waals surface area contributed by atoms with E-state index in [-0.39, 0.29) is 0 Å². The summed E-state index contributed by atoms with van der Waals surface area (Å²) >= 11 is 0. The number of nitriles is 1. The number of benzene rings is 2. The number of nitrogens with zero attached hydrogens (tertiary/aromatic N) is 4. The molecule has 3 heterocycles. The van der Waals surface area contributed by atoms with E-state index in [1.807, 2.05) is 6.07 Å². The third kappa shape index (κ3) is 4.38. The summed E-state index contributed by atoms with van der Waals surface area (Å²) in [5.41, 5.74) is 1.75. The standard InChI is InChI=1S/C26H24N4O4/c1-29-9-6-17(7-10-29)16-33-24-14-22-18(12-20(24)15-27)2-5-25(28-22)34-21-3-4-23-19(13-21)8-11-30(23)26(31)32/h2-5,8,11-14,17H,6-7,9-10,16H2,1H3,(H,31,32). The van der Waals surface area contributed by atoms with Crippen molar-refractivity contribution in [2.75, 3.05) is 26.7 Å². The van der Waals surface area contributed by atoms with Crippen molar-refractivity contribution in [3.63, 3.8) is 0 Å². The molecule has 172 valence electrons. The molecule has 0 aliphatic carbocycles. The van der Waals surface area contributed by atoms with Gasteiger partial charge in [-0.3, -0.25) is 4.57 Å². The van der Waals surface area contributed by atoms with Gasteiger partial charge in [0.15, 0.2) is 0 Å². The molecule has 8 nitrogen and oxygen atoms in total. The lowest BCUT2D eigenvalue weighted by atomic mass is 9.98. The number of likely N-dealkylation sites (tertiary alicyclic amines) is 1. The Morgan fingerprint density at radius 1 is 1.15 bits per heavy atom. The maximum atomic E-state index is 11.3. The maximum absolute atomic E-state index is 11.3. The average Bonchev–Trinajstić information content (AvgIpc) is 3.27. The molecule has 0 atom stereocenters. The van der Waals surface area contributed by atoms with E-state index in [4.69, 9.17) is 9.47 Å². The van der Waals surface area contributed by atoms with Gasteiger partial charge in [-0.15, -0.1) is 0 Å². The predicted octanol–water partition coefficient (Wildman–Crippen LogP) is 5.10. The Balaban J connectivity index is 1.37. The van der Waals surface area contributed by atoms with Gasteiger partial charge in [-0.1, -0.05) is 0 Å². The summed E-state index contributed by atoms with van der Waals surface area (Å²) in [7, 11) is 2.13. The van der Waals surface area contributed by atoms with Crippen LogP contribution in [0.15, 0.2) is 54.7 Å². The van der Waals surface area contributed by atoms with Crippen molar-refractivity contribution in [2.45, 2.75) is 12.8 Å². The zero-order valence-corrected chi connectivity index (χ0v) is 18.8. The van der Waals surface area contributed by atoms with Crippen LogP contribution in [-0.4, -0.2) is 52.4 Å². The van der Waals surface area contributed by atoms with Gasteiger partial charge >= 0.3 is 6.09 Å². The Bertz CT molecular complexity index is 1410. The summed E-state index contributed by atoms with van der Waals surface area (Å²) < 4.78 is 13.2. The lowest BCUT2D eigenvalue weighted by Crippen LogP contribution is -2.32. The first-order chi connectivity index (χ1) is 16.5. The normalized spacial score (nSPS) is 14.8. The molecule has 4 aromatic rings. The Labute approximate surface area is 196 Å². The quantitative estimate of drug-likeness (QED) is 0.446. The zero-order chi connectivity index (χ0) is 23.7. The van der Waals surface area contributed by atoms with Gasteiger partial charge in [-0.05, 0) is 75.3 Å². The molecule has 1 aliphatic rings. The van der Waals surface area contributed by atoms with Gasteiger partial charge in [-0.2, -0.15) is 5.26 Å². The minimum Gasteiger partial charge on any atom is -0.492 e. The molecule has 8 heteroatoms. The van der Waals surface area contributed by atoms with Crippen LogP contribution in [0.2, 0.25) is 0 Å². The lowest BCUT2D eigenvalue weighted by molar-refractivity contribution is 0.160. The van der Waals surface area contributed by atoms with E-state index in [0.29, 0.717) is 46.5 Å². The van der Waals surface area contributed by atoms with Crippen molar-refractivity contribution in [2.24, 2.45) is 5.92 Å². The van der Waals surface area contributed by atoms with Gasteiger partial charge < -0.3 is 19.5 Å². The van der Waals surface area contributed by atoms with Crippen LogP contribution in [0, 0.1) is 17.2 Å². The molecule has 1 N–H and O–H groups in total. The van der Waals surface area contributed by atoms with E-state index in [1.165, 1.54) is 6.20 Å². The molecule has 1 fully saturated rings. The number of aromatic nitrogens is 2. The summed E-state index contributed by atoms with van der Waals surface area (Å²) in [6, 6.07) is 16.3. The average molecular weight is 457 g/mol. The molecule has 0 unspecified atom stereocenters. The SMILES string of the molecule is CN1CCC(COc2cc3nc(Oc4ccc5c(ccn5C(=O)O)c4)ccc3cc2C#N)CC1. The van der Waals surface area contributed by atoms with E-state index in [9.17, 15) is 15.2 Å². The third-order valence-corrected chi connectivity index (χ3v) is 6.29. The van der Waals surface area contributed by atoms with E-state index < -0.39 is 6.09 Å². The molecule has 0 radical (unpaired) electrons. The number of hydrogen-bond acceptors (Lipinski definition) is 6. The van der Waals surface area contributed by atoms with Crippen molar-refractivity contribution in [1.82, 2.24) is 14.5 Å². The molecular formula is C26H24N4O4. The molecule has 5 rings (SSSR count). The topological polar surface area (TPSA) is 101 Å². The first kappa shape index (κ1) is 21.7. The highest BCUT2D eigenvalue weighted by Gasteiger charge is 2.18. The van der Waals surface area contributed by atoms with Crippen LogP contribution < -0.4 is 9.47 Å². The number of pyridine rings is 1. The molecule has 34 heavy (non-hydrogen) atoms. The van der Waals surface area contributed by atoms with Crippen LogP contribution in [0.4, 0.5) is 4.79 Å². The molecule has 2 aromatic carbocycles. The monoisotopic (exact) mass is 456 g/mol. The number of ether oxygens (including phenoxy) is 2. The number of piperidine rings is 1. The second-order valence-corrected chi connectivity index (χ2v) is 8.65. The lowest BCUT2D eigenvalue weighted by Gasteiger charge is -2.28. The number of carboxylic acid groups (broad SMARTS) is 1. The Kier molecular flexibility index (Phi) is 5.78. The summed E-state index contributed by atoms with van der Waals surface area (Å²) in [4.78, 5) is 18.2. The first-order valence-corrected chi connectivity index (χ1v) is 11.2. The van der Waals surface area contributed by atoms with Crippen LogP contribution in [0.25, 0.3) is 21.8 Å². The van der Waals surface area contributed by atoms with Crippen molar-refractivity contribution < 1.29 is 19.4 Å². The Morgan fingerprint density at radius 2 is 1.97 bits per heavy atom.